The first kappa shape index (κ1) is 15.0. The van der Waals surface area contributed by atoms with Gasteiger partial charge in [-0.25, -0.2) is 4.39 Å². The molecule has 0 fully saturated rings. The van der Waals surface area contributed by atoms with Crippen LogP contribution in [0.3, 0.4) is 0 Å². The molecule has 21 heavy (non-hydrogen) atoms. The van der Waals surface area contributed by atoms with E-state index in [1.54, 1.807) is 10.7 Å². The Balaban J connectivity index is 2.24. The lowest BCUT2D eigenvalue weighted by Crippen LogP contribution is -2.16. The SMILES string of the molecule is Cn1cc(CNc2ccc(F)cc2C#N)c(C(C)(C)C)n1. The van der Waals surface area contributed by atoms with Gasteiger partial charge in [-0.15, -0.1) is 0 Å². The Labute approximate surface area is 124 Å². The fraction of sp³-hybridized carbons (Fsp3) is 0.375. The summed E-state index contributed by atoms with van der Waals surface area (Å²) in [5.41, 5.74) is 2.95. The minimum absolute atomic E-state index is 0.0564. The third kappa shape index (κ3) is 3.40. The van der Waals surface area contributed by atoms with Crippen LogP contribution in [0.15, 0.2) is 24.4 Å². The molecule has 4 nitrogen and oxygen atoms in total. The van der Waals surface area contributed by atoms with E-state index in [2.05, 4.69) is 31.2 Å². The van der Waals surface area contributed by atoms with Crippen molar-refractivity contribution in [2.75, 3.05) is 5.32 Å². The summed E-state index contributed by atoms with van der Waals surface area (Å²) in [5, 5.41) is 16.7. The summed E-state index contributed by atoms with van der Waals surface area (Å²) in [5.74, 6) is -0.408. The number of aryl methyl sites for hydroxylation is 1. The molecule has 0 aliphatic rings. The van der Waals surface area contributed by atoms with Gasteiger partial charge < -0.3 is 5.32 Å². The highest BCUT2D eigenvalue weighted by atomic mass is 19.1. The number of benzene rings is 1. The molecule has 110 valence electrons. The molecular formula is C16H19FN4. The molecule has 0 aliphatic carbocycles. The molecule has 1 aromatic heterocycles. The molecule has 0 radical (unpaired) electrons. The Hall–Kier alpha value is -2.35. The molecule has 0 aliphatic heterocycles. The molecule has 5 heteroatoms. The number of hydrogen-bond donors (Lipinski definition) is 1. The van der Waals surface area contributed by atoms with Crippen molar-refractivity contribution in [2.24, 2.45) is 7.05 Å². The standard InChI is InChI=1S/C16H19FN4/c1-16(2,3)15-12(10-21(4)20-15)9-19-14-6-5-13(17)7-11(14)8-18/h5-7,10,19H,9H2,1-4H3. The van der Waals surface area contributed by atoms with Gasteiger partial charge in [0.1, 0.15) is 11.9 Å². The van der Waals surface area contributed by atoms with Crippen LogP contribution in [0.4, 0.5) is 10.1 Å². The molecule has 0 atom stereocenters. The summed E-state index contributed by atoms with van der Waals surface area (Å²) in [6.45, 7) is 6.87. The average molecular weight is 286 g/mol. The summed E-state index contributed by atoms with van der Waals surface area (Å²) in [7, 11) is 1.89. The second-order valence-electron chi connectivity index (χ2n) is 6.08. The van der Waals surface area contributed by atoms with Gasteiger partial charge in [-0.2, -0.15) is 10.4 Å². The molecular weight excluding hydrogens is 267 g/mol. The molecule has 2 aromatic rings. The zero-order valence-electron chi connectivity index (χ0n) is 12.7. The van der Waals surface area contributed by atoms with Crippen LogP contribution in [0.1, 0.15) is 37.6 Å². The van der Waals surface area contributed by atoms with Crippen molar-refractivity contribution >= 4 is 5.69 Å². The molecule has 0 bridgehead atoms. The van der Waals surface area contributed by atoms with Crippen molar-refractivity contribution in [3.05, 3.63) is 47.0 Å². The maximum Gasteiger partial charge on any atom is 0.124 e. The topological polar surface area (TPSA) is 53.6 Å². The fourth-order valence-corrected chi connectivity index (χ4v) is 2.25. The molecule has 0 spiro atoms. The third-order valence-electron chi connectivity index (χ3n) is 3.19. The van der Waals surface area contributed by atoms with Crippen LogP contribution in [-0.4, -0.2) is 9.78 Å². The molecule has 0 amide bonds. The molecule has 0 unspecified atom stereocenters. The minimum atomic E-state index is -0.408. The van der Waals surface area contributed by atoms with Crippen molar-refractivity contribution in [1.29, 1.82) is 5.26 Å². The van der Waals surface area contributed by atoms with Crippen LogP contribution in [0.2, 0.25) is 0 Å². The van der Waals surface area contributed by atoms with E-state index in [-0.39, 0.29) is 5.41 Å². The van der Waals surface area contributed by atoms with E-state index in [9.17, 15) is 4.39 Å². The Kier molecular flexibility index (Phi) is 3.99. The summed E-state index contributed by atoms with van der Waals surface area (Å²) in [6, 6.07) is 6.16. The van der Waals surface area contributed by atoms with E-state index in [1.807, 2.05) is 19.3 Å². The van der Waals surface area contributed by atoms with Gasteiger partial charge in [0.15, 0.2) is 0 Å². The van der Waals surface area contributed by atoms with Crippen molar-refractivity contribution in [3.8, 4) is 6.07 Å². The quantitative estimate of drug-likeness (QED) is 0.941. The lowest BCUT2D eigenvalue weighted by Gasteiger charge is -2.18. The second-order valence-corrected chi connectivity index (χ2v) is 6.08. The average Bonchev–Trinajstić information content (AvgIpc) is 2.78. The van der Waals surface area contributed by atoms with E-state index in [1.165, 1.54) is 12.1 Å². The summed E-state index contributed by atoms with van der Waals surface area (Å²) >= 11 is 0. The first-order valence-electron chi connectivity index (χ1n) is 6.78. The first-order valence-corrected chi connectivity index (χ1v) is 6.78. The molecule has 1 heterocycles. The monoisotopic (exact) mass is 286 g/mol. The highest BCUT2D eigenvalue weighted by Gasteiger charge is 2.21. The number of nitrogens with zero attached hydrogens (tertiary/aromatic N) is 3. The summed E-state index contributed by atoms with van der Waals surface area (Å²) < 4.78 is 14.9. The lowest BCUT2D eigenvalue weighted by molar-refractivity contribution is 0.549. The van der Waals surface area contributed by atoms with Crippen molar-refractivity contribution in [2.45, 2.75) is 32.7 Å². The number of nitriles is 1. The smallest absolute Gasteiger partial charge is 0.124 e. The van der Waals surface area contributed by atoms with E-state index < -0.39 is 5.82 Å². The van der Waals surface area contributed by atoms with Gasteiger partial charge >= 0.3 is 0 Å². The minimum Gasteiger partial charge on any atom is -0.380 e. The number of nitrogens with one attached hydrogen (secondary N) is 1. The number of anilines is 1. The lowest BCUT2D eigenvalue weighted by atomic mass is 9.89. The maximum atomic E-state index is 13.1. The van der Waals surface area contributed by atoms with Gasteiger partial charge in [-0.05, 0) is 18.2 Å². The van der Waals surface area contributed by atoms with Gasteiger partial charge in [-0.3, -0.25) is 4.68 Å². The van der Waals surface area contributed by atoms with Gasteiger partial charge in [0.05, 0.1) is 16.9 Å². The van der Waals surface area contributed by atoms with E-state index >= 15 is 0 Å². The van der Waals surface area contributed by atoms with Crippen LogP contribution in [0.25, 0.3) is 0 Å². The van der Waals surface area contributed by atoms with Crippen LogP contribution < -0.4 is 5.32 Å². The molecule has 1 N–H and O–H groups in total. The number of halogens is 1. The molecule has 0 saturated heterocycles. The first-order chi connectivity index (χ1) is 9.81. The van der Waals surface area contributed by atoms with Crippen molar-refractivity contribution in [3.63, 3.8) is 0 Å². The number of aromatic nitrogens is 2. The van der Waals surface area contributed by atoms with E-state index in [0.717, 1.165) is 11.3 Å². The zero-order chi connectivity index (χ0) is 15.6. The Morgan fingerprint density at radius 2 is 2.10 bits per heavy atom. The van der Waals surface area contributed by atoms with Gasteiger partial charge in [0.25, 0.3) is 0 Å². The predicted molar refractivity (Wildman–Crippen MR) is 80.3 cm³/mol. The third-order valence-corrected chi connectivity index (χ3v) is 3.19. The van der Waals surface area contributed by atoms with Crippen LogP contribution >= 0.6 is 0 Å². The van der Waals surface area contributed by atoms with Gasteiger partial charge in [-0.1, -0.05) is 20.8 Å². The van der Waals surface area contributed by atoms with Crippen molar-refractivity contribution in [1.82, 2.24) is 9.78 Å². The van der Waals surface area contributed by atoms with Gasteiger partial charge in [0, 0.05) is 30.8 Å². The van der Waals surface area contributed by atoms with Crippen LogP contribution in [0.5, 0.6) is 0 Å². The molecule has 1 aromatic carbocycles. The second kappa shape index (κ2) is 5.57. The Bertz CT molecular complexity index is 689. The summed E-state index contributed by atoms with van der Waals surface area (Å²) in [4.78, 5) is 0. The Morgan fingerprint density at radius 3 is 2.71 bits per heavy atom. The molecule has 0 saturated carbocycles. The fourth-order valence-electron chi connectivity index (χ4n) is 2.25. The summed E-state index contributed by atoms with van der Waals surface area (Å²) in [6.07, 6.45) is 1.96. The van der Waals surface area contributed by atoms with E-state index in [4.69, 9.17) is 5.26 Å². The van der Waals surface area contributed by atoms with Crippen LogP contribution in [-0.2, 0) is 19.0 Å². The molecule has 2 rings (SSSR count). The normalized spacial score (nSPS) is 11.2. The Morgan fingerprint density at radius 1 is 1.38 bits per heavy atom. The van der Waals surface area contributed by atoms with E-state index in [0.29, 0.717) is 17.8 Å². The van der Waals surface area contributed by atoms with Gasteiger partial charge in [0.2, 0.25) is 0 Å². The maximum absolute atomic E-state index is 13.1. The van der Waals surface area contributed by atoms with Crippen LogP contribution in [0, 0.1) is 17.1 Å². The predicted octanol–water partition coefficient (Wildman–Crippen LogP) is 3.34. The highest BCUT2D eigenvalue weighted by Crippen LogP contribution is 2.25. The zero-order valence-corrected chi connectivity index (χ0v) is 12.7. The largest absolute Gasteiger partial charge is 0.380 e. The number of hydrogen-bond acceptors (Lipinski definition) is 3. The van der Waals surface area contributed by atoms with Crippen molar-refractivity contribution < 1.29 is 4.39 Å². The highest BCUT2D eigenvalue weighted by molar-refractivity contribution is 5.57. The number of rotatable bonds is 3.